The Hall–Kier alpha value is -1.93. The summed E-state index contributed by atoms with van der Waals surface area (Å²) in [7, 11) is -3.18. The molecule has 8 heteroatoms. The number of para-hydroxylation sites is 1. The number of aryl methyl sites for hydroxylation is 1. The highest BCUT2D eigenvalue weighted by atomic mass is 32.2. The van der Waals surface area contributed by atoms with Gasteiger partial charge in [0.25, 0.3) is 0 Å². The minimum Gasteiger partial charge on any atom is -0.478 e. The zero-order valence-corrected chi connectivity index (χ0v) is 11.7. The SMILES string of the molecule is CS(=O)(=O)NCCCn1cnc2c(C(=O)O)cccc21. The summed E-state index contributed by atoms with van der Waals surface area (Å²) >= 11 is 0. The summed E-state index contributed by atoms with van der Waals surface area (Å²) in [5.41, 5.74) is 1.33. The van der Waals surface area contributed by atoms with Gasteiger partial charge in [-0.05, 0) is 18.6 Å². The smallest absolute Gasteiger partial charge is 0.337 e. The normalized spacial score (nSPS) is 11.8. The first-order chi connectivity index (χ1) is 9.38. The lowest BCUT2D eigenvalue weighted by Gasteiger charge is -2.05. The molecule has 0 amide bonds. The number of fused-ring (bicyclic) bond motifs is 1. The highest BCUT2D eigenvalue weighted by Crippen LogP contribution is 2.17. The van der Waals surface area contributed by atoms with Crippen molar-refractivity contribution in [1.29, 1.82) is 0 Å². The van der Waals surface area contributed by atoms with Crippen molar-refractivity contribution in [3.05, 3.63) is 30.1 Å². The van der Waals surface area contributed by atoms with E-state index in [0.717, 1.165) is 11.8 Å². The van der Waals surface area contributed by atoms with E-state index in [-0.39, 0.29) is 5.56 Å². The van der Waals surface area contributed by atoms with Crippen LogP contribution in [0.3, 0.4) is 0 Å². The number of nitrogens with one attached hydrogen (secondary N) is 1. The molecule has 2 rings (SSSR count). The van der Waals surface area contributed by atoms with Gasteiger partial charge in [0.1, 0.15) is 5.52 Å². The molecule has 7 nitrogen and oxygen atoms in total. The number of benzene rings is 1. The average molecular weight is 297 g/mol. The minimum atomic E-state index is -3.18. The molecule has 0 saturated heterocycles. The monoisotopic (exact) mass is 297 g/mol. The van der Waals surface area contributed by atoms with E-state index in [1.807, 2.05) is 4.57 Å². The number of carboxylic acids is 1. The Bertz CT molecular complexity index is 736. The third-order valence-electron chi connectivity index (χ3n) is 2.82. The van der Waals surface area contributed by atoms with Crippen LogP contribution in [0.25, 0.3) is 11.0 Å². The number of aromatic carboxylic acids is 1. The van der Waals surface area contributed by atoms with E-state index in [9.17, 15) is 13.2 Å². The lowest BCUT2D eigenvalue weighted by Crippen LogP contribution is -2.23. The van der Waals surface area contributed by atoms with Crippen molar-refractivity contribution in [2.45, 2.75) is 13.0 Å². The van der Waals surface area contributed by atoms with Crippen molar-refractivity contribution in [3.63, 3.8) is 0 Å². The van der Waals surface area contributed by atoms with Crippen LogP contribution < -0.4 is 4.72 Å². The zero-order chi connectivity index (χ0) is 14.8. The largest absolute Gasteiger partial charge is 0.478 e. The number of aromatic nitrogens is 2. The van der Waals surface area contributed by atoms with Crippen molar-refractivity contribution in [2.75, 3.05) is 12.8 Å². The molecule has 0 spiro atoms. The average Bonchev–Trinajstić information content (AvgIpc) is 2.76. The molecule has 0 unspecified atom stereocenters. The maximum atomic E-state index is 11.1. The van der Waals surface area contributed by atoms with Crippen LogP contribution in [-0.4, -0.2) is 41.8 Å². The Morgan fingerprint density at radius 1 is 1.45 bits per heavy atom. The summed E-state index contributed by atoms with van der Waals surface area (Å²) in [5.74, 6) is -1.01. The Kier molecular flexibility index (Phi) is 4.05. The quantitative estimate of drug-likeness (QED) is 0.763. The highest BCUT2D eigenvalue weighted by Gasteiger charge is 2.12. The Balaban J connectivity index is 2.12. The number of hydrogen-bond donors (Lipinski definition) is 2. The van der Waals surface area contributed by atoms with Gasteiger partial charge in [0.05, 0.1) is 23.7 Å². The summed E-state index contributed by atoms with van der Waals surface area (Å²) in [6, 6.07) is 4.96. The van der Waals surface area contributed by atoms with Crippen LogP contribution in [0.1, 0.15) is 16.8 Å². The van der Waals surface area contributed by atoms with Crippen LogP contribution in [0.5, 0.6) is 0 Å². The summed E-state index contributed by atoms with van der Waals surface area (Å²) in [4.78, 5) is 15.2. The van der Waals surface area contributed by atoms with E-state index >= 15 is 0 Å². The molecular weight excluding hydrogens is 282 g/mol. The molecule has 0 aliphatic carbocycles. The van der Waals surface area contributed by atoms with Crippen LogP contribution in [0.4, 0.5) is 0 Å². The molecular formula is C12H15N3O4S. The topological polar surface area (TPSA) is 101 Å². The Labute approximate surface area is 116 Å². The van der Waals surface area contributed by atoms with Crippen molar-refractivity contribution >= 4 is 27.0 Å². The fourth-order valence-corrected chi connectivity index (χ4v) is 2.46. The van der Waals surface area contributed by atoms with E-state index in [0.29, 0.717) is 25.0 Å². The van der Waals surface area contributed by atoms with Gasteiger partial charge in [0.2, 0.25) is 10.0 Å². The minimum absolute atomic E-state index is 0.163. The van der Waals surface area contributed by atoms with Crippen molar-refractivity contribution < 1.29 is 18.3 Å². The summed E-state index contributed by atoms with van der Waals surface area (Å²) in [5, 5.41) is 9.07. The molecule has 108 valence electrons. The maximum absolute atomic E-state index is 11.1. The van der Waals surface area contributed by atoms with Gasteiger partial charge in [-0.1, -0.05) is 6.07 Å². The van der Waals surface area contributed by atoms with E-state index < -0.39 is 16.0 Å². The Morgan fingerprint density at radius 2 is 2.20 bits per heavy atom. The van der Waals surface area contributed by atoms with Gasteiger partial charge in [-0.2, -0.15) is 0 Å². The molecule has 0 saturated carbocycles. The Morgan fingerprint density at radius 3 is 2.85 bits per heavy atom. The predicted molar refractivity (Wildman–Crippen MR) is 74.2 cm³/mol. The number of sulfonamides is 1. The predicted octanol–water partition coefficient (Wildman–Crippen LogP) is 0.674. The van der Waals surface area contributed by atoms with Crippen molar-refractivity contribution in [3.8, 4) is 0 Å². The van der Waals surface area contributed by atoms with E-state index in [4.69, 9.17) is 5.11 Å². The molecule has 0 radical (unpaired) electrons. The van der Waals surface area contributed by atoms with E-state index in [1.54, 1.807) is 18.5 Å². The number of hydrogen-bond acceptors (Lipinski definition) is 4. The summed E-state index contributed by atoms with van der Waals surface area (Å²) < 4.78 is 26.1. The molecule has 2 N–H and O–H groups in total. The molecule has 20 heavy (non-hydrogen) atoms. The molecule has 1 aromatic carbocycles. The van der Waals surface area contributed by atoms with Crippen LogP contribution >= 0.6 is 0 Å². The molecule has 0 bridgehead atoms. The molecule has 2 aromatic rings. The lowest BCUT2D eigenvalue weighted by molar-refractivity contribution is 0.0699. The third-order valence-corrected chi connectivity index (χ3v) is 3.55. The van der Waals surface area contributed by atoms with Crippen LogP contribution in [0, 0.1) is 0 Å². The van der Waals surface area contributed by atoms with E-state index in [2.05, 4.69) is 9.71 Å². The number of rotatable bonds is 6. The highest BCUT2D eigenvalue weighted by molar-refractivity contribution is 7.88. The molecule has 1 heterocycles. The van der Waals surface area contributed by atoms with E-state index in [1.165, 1.54) is 6.07 Å². The van der Waals surface area contributed by atoms with Gasteiger partial charge < -0.3 is 9.67 Å². The van der Waals surface area contributed by atoms with Crippen LogP contribution in [-0.2, 0) is 16.6 Å². The molecule has 0 aliphatic heterocycles. The summed E-state index contributed by atoms with van der Waals surface area (Å²) in [6.07, 6.45) is 3.27. The van der Waals surface area contributed by atoms with Gasteiger partial charge in [0, 0.05) is 13.1 Å². The number of carboxylic acid groups (broad SMARTS) is 1. The second kappa shape index (κ2) is 5.59. The number of carbonyl (C=O) groups is 1. The van der Waals surface area contributed by atoms with Crippen LogP contribution in [0.2, 0.25) is 0 Å². The summed E-state index contributed by atoms with van der Waals surface area (Å²) in [6.45, 7) is 0.888. The third kappa shape index (κ3) is 3.34. The van der Waals surface area contributed by atoms with Gasteiger partial charge in [-0.3, -0.25) is 0 Å². The number of nitrogens with zero attached hydrogens (tertiary/aromatic N) is 2. The molecule has 0 atom stereocenters. The van der Waals surface area contributed by atoms with Gasteiger partial charge in [0.15, 0.2) is 0 Å². The maximum Gasteiger partial charge on any atom is 0.337 e. The van der Waals surface area contributed by atoms with Gasteiger partial charge in [-0.15, -0.1) is 0 Å². The molecule has 0 aliphatic rings. The second-order valence-electron chi connectivity index (χ2n) is 4.44. The lowest BCUT2D eigenvalue weighted by atomic mass is 10.2. The number of imidazole rings is 1. The van der Waals surface area contributed by atoms with Gasteiger partial charge >= 0.3 is 5.97 Å². The molecule has 1 aromatic heterocycles. The van der Waals surface area contributed by atoms with Crippen molar-refractivity contribution in [1.82, 2.24) is 14.3 Å². The fraction of sp³-hybridized carbons (Fsp3) is 0.333. The first-order valence-corrected chi connectivity index (χ1v) is 7.89. The zero-order valence-electron chi connectivity index (χ0n) is 10.9. The first kappa shape index (κ1) is 14.5. The fourth-order valence-electron chi connectivity index (χ4n) is 1.95. The standard InChI is InChI=1S/C12H15N3O4S/c1-20(18,19)14-6-3-7-15-8-13-11-9(12(16)17)4-2-5-10(11)15/h2,4-5,8,14H,3,6-7H2,1H3,(H,16,17). The van der Waals surface area contributed by atoms with Gasteiger partial charge in [-0.25, -0.2) is 22.9 Å². The van der Waals surface area contributed by atoms with Crippen molar-refractivity contribution in [2.24, 2.45) is 0 Å². The first-order valence-electron chi connectivity index (χ1n) is 6.00. The molecule has 0 fully saturated rings. The van der Waals surface area contributed by atoms with Crippen LogP contribution in [0.15, 0.2) is 24.5 Å². The second-order valence-corrected chi connectivity index (χ2v) is 6.27.